The quantitative estimate of drug-likeness (QED) is 0.642. The summed E-state index contributed by atoms with van der Waals surface area (Å²) in [4.78, 5) is 20.7. The van der Waals surface area contributed by atoms with Gasteiger partial charge in [-0.25, -0.2) is 4.98 Å². The second-order valence-corrected chi connectivity index (χ2v) is 10.5. The van der Waals surface area contributed by atoms with Crippen LogP contribution in [0.25, 0.3) is 11.0 Å². The van der Waals surface area contributed by atoms with Crippen LogP contribution in [0.4, 0.5) is 0 Å². The highest BCUT2D eigenvalue weighted by Crippen LogP contribution is 2.61. The highest BCUT2D eigenvalue weighted by atomic mass is 32.2. The van der Waals surface area contributed by atoms with Crippen LogP contribution in [-0.4, -0.2) is 34.8 Å². The maximum atomic E-state index is 12.8. The number of thioether (sulfide) groups is 1. The molecule has 5 nitrogen and oxygen atoms in total. The van der Waals surface area contributed by atoms with E-state index in [1.165, 1.54) is 50.3 Å². The molecule has 29 heavy (non-hydrogen) atoms. The summed E-state index contributed by atoms with van der Waals surface area (Å²) >= 11 is 1.48. The van der Waals surface area contributed by atoms with E-state index < -0.39 is 0 Å². The van der Waals surface area contributed by atoms with Gasteiger partial charge in [-0.1, -0.05) is 18.7 Å². The van der Waals surface area contributed by atoms with Gasteiger partial charge in [-0.2, -0.15) is 0 Å². The number of nitrogens with one attached hydrogen (secondary N) is 2. The van der Waals surface area contributed by atoms with E-state index in [4.69, 9.17) is 4.74 Å². The van der Waals surface area contributed by atoms with E-state index >= 15 is 0 Å². The summed E-state index contributed by atoms with van der Waals surface area (Å²) in [6.45, 7) is 2.24. The number of benzene rings is 1. The molecule has 0 spiro atoms. The van der Waals surface area contributed by atoms with Crippen molar-refractivity contribution in [3.05, 3.63) is 18.2 Å². The average molecular weight is 414 g/mol. The summed E-state index contributed by atoms with van der Waals surface area (Å²) < 4.78 is 5.27. The Hall–Kier alpha value is -1.69. The molecule has 0 radical (unpaired) electrons. The molecule has 156 valence electrons. The van der Waals surface area contributed by atoms with Gasteiger partial charge in [0.15, 0.2) is 5.16 Å². The van der Waals surface area contributed by atoms with E-state index in [1.807, 2.05) is 18.2 Å². The van der Waals surface area contributed by atoms with E-state index in [1.54, 1.807) is 7.11 Å². The van der Waals surface area contributed by atoms with E-state index in [2.05, 4.69) is 22.2 Å². The molecule has 1 atom stereocenters. The second kappa shape index (κ2) is 7.53. The molecule has 6 heteroatoms. The Labute approximate surface area is 176 Å². The number of H-pyrrole nitrogens is 1. The van der Waals surface area contributed by atoms with Crippen LogP contribution in [0.2, 0.25) is 0 Å². The topological polar surface area (TPSA) is 67.0 Å². The van der Waals surface area contributed by atoms with Gasteiger partial charge < -0.3 is 15.0 Å². The van der Waals surface area contributed by atoms with Crippen LogP contribution in [0.15, 0.2) is 23.4 Å². The number of aromatic amines is 1. The van der Waals surface area contributed by atoms with E-state index in [0.29, 0.717) is 17.2 Å². The lowest BCUT2D eigenvalue weighted by Crippen LogP contribution is -2.57. The average Bonchev–Trinajstić information content (AvgIpc) is 3.11. The highest BCUT2D eigenvalue weighted by molar-refractivity contribution is 7.99. The monoisotopic (exact) mass is 413 g/mol. The molecule has 1 aromatic heterocycles. The van der Waals surface area contributed by atoms with E-state index in [0.717, 1.165) is 46.1 Å². The summed E-state index contributed by atoms with van der Waals surface area (Å²) in [5.41, 5.74) is 2.20. The summed E-state index contributed by atoms with van der Waals surface area (Å²) in [5, 5.41) is 4.21. The molecule has 2 aromatic rings. The van der Waals surface area contributed by atoms with Crippen molar-refractivity contribution >= 4 is 28.7 Å². The minimum absolute atomic E-state index is 0.135. The molecule has 4 aliphatic carbocycles. The first-order chi connectivity index (χ1) is 14.1. The summed E-state index contributed by atoms with van der Waals surface area (Å²) in [7, 11) is 1.66. The van der Waals surface area contributed by atoms with Gasteiger partial charge in [0.05, 0.1) is 23.9 Å². The van der Waals surface area contributed by atoms with Crippen molar-refractivity contribution in [3.63, 3.8) is 0 Å². The van der Waals surface area contributed by atoms with Gasteiger partial charge in [0.1, 0.15) is 5.75 Å². The number of imidazole rings is 1. The molecular weight excluding hydrogens is 382 g/mol. The van der Waals surface area contributed by atoms with Crippen molar-refractivity contribution in [3.8, 4) is 5.75 Å². The van der Waals surface area contributed by atoms with Gasteiger partial charge >= 0.3 is 0 Å². The number of fused-ring (bicyclic) bond motifs is 1. The van der Waals surface area contributed by atoms with Crippen molar-refractivity contribution < 1.29 is 9.53 Å². The standard InChI is InChI=1S/C23H31N3O2S/c1-3-20(23-10-14-6-15(11-23)8-16(7-14)12-23)26-21(27)13-29-22-24-18-5-4-17(28-2)9-19(18)25-22/h4-5,9,14-16,20H,3,6-8,10-13H2,1-2H3,(H,24,25)(H,26,27). The lowest BCUT2D eigenvalue weighted by atomic mass is 9.47. The van der Waals surface area contributed by atoms with Crippen LogP contribution in [0.5, 0.6) is 5.75 Å². The van der Waals surface area contributed by atoms with Gasteiger partial charge in [0.25, 0.3) is 0 Å². The fraction of sp³-hybridized carbons (Fsp3) is 0.652. The van der Waals surface area contributed by atoms with Crippen molar-refractivity contribution in [2.45, 2.75) is 63.1 Å². The van der Waals surface area contributed by atoms with Gasteiger partial charge in [-0.05, 0) is 80.2 Å². The van der Waals surface area contributed by atoms with Crippen LogP contribution in [0.1, 0.15) is 51.9 Å². The second-order valence-electron chi connectivity index (χ2n) is 9.52. The predicted octanol–water partition coefficient (Wildman–Crippen LogP) is 4.77. The molecule has 4 fully saturated rings. The van der Waals surface area contributed by atoms with Crippen LogP contribution in [-0.2, 0) is 4.79 Å². The first-order valence-corrected chi connectivity index (χ1v) is 12.0. The molecule has 0 saturated heterocycles. The fourth-order valence-corrected chi connectivity index (χ4v) is 7.52. The molecule has 1 heterocycles. The van der Waals surface area contributed by atoms with Gasteiger partial charge in [-0.3, -0.25) is 4.79 Å². The highest BCUT2D eigenvalue weighted by Gasteiger charge is 2.53. The third-order valence-corrected chi connectivity index (χ3v) is 8.45. The van der Waals surface area contributed by atoms with Crippen LogP contribution >= 0.6 is 11.8 Å². The smallest absolute Gasteiger partial charge is 0.230 e. The zero-order valence-corrected chi connectivity index (χ0v) is 18.2. The number of carbonyl (C=O) groups excluding carboxylic acids is 1. The number of rotatable bonds is 7. The lowest BCUT2D eigenvalue weighted by molar-refractivity contribution is -0.124. The SMILES string of the molecule is CCC(NC(=O)CSc1nc2ccc(OC)cc2[nH]1)C12CC3CC(CC(C3)C1)C2. The number of carbonyl (C=O) groups is 1. The Bertz CT molecular complexity index is 873. The molecule has 6 rings (SSSR count). The molecule has 0 aliphatic heterocycles. The van der Waals surface area contributed by atoms with E-state index in [-0.39, 0.29) is 5.91 Å². The van der Waals surface area contributed by atoms with Gasteiger partial charge in [0.2, 0.25) is 5.91 Å². The number of aromatic nitrogens is 2. The molecule has 4 bridgehead atoms. The molecule has 4 saturated carbocycles. The Morgan fingerprint density at radius 1 is 1.28 bits per heavy atom. The summed E-state index contributed by atoms with van der Waals surface area (Å²) in [6, 6.07) is 6.10. The molecule has 1 unspecified atom stereocenters. The molecule has 1 aromatic carbocycles. The predicted molar refractivity (Wildman–Crippen MR) is 116 cm³/mol. The van der Waals surface area contributed by atoms with E-state index in [9.17, 15) is 4.79 Å². The van der Waals surface area contributed by atoms with Crippen LogP contribution < -0.4 is 10.1 Å². The molecule has 1 amide bonds. The number of hydrogen-bond donors (Lipinski definition) is 2. The number of nitrogens with zero attached hydrogens (tertiary/aromatic N) is 1. The first kappa shape index (κ1) is 19.3. The minimum atomic E-state index is 0.135. The Balaban J connectivity index is 1.22. The van der Waals surface area contributed by atoms with Gasteiger partial charge in [0, 0.05) is 12.1 Å². The lowest BCUT2D eigenvalue weighted by Gasteiger charge is -2.59. The fourth-order valence-electron chi connectivity index (χ4n) is 6.82. The Kier molecular flexibility index (Phi) is 5.01. The molecule has 2 N–H and O–H groups in total. The Morgan fingerprint density at radius 3 is 2.59 bits per heavy atom. The van der Waals surface area contributed by atoms with Crippen molar-refractivity contribution in [1.29, 1.82) is 0 Å². The van der Waals surface area contributed by atoms with Crippen LogP contribution in [0.3, 0.4) is 0 Å². The normalized spacial score (nSPS) is 31.2. The molecule has 4 aliphatic rings. The number of hydrogen-bond acceptors (Lipinski definition) is 4. The minimum Gasteiger partial charge on any atom is -0.497 e. The van der Waals surface area contributed by atoms with Crippen molar-refractivity contribution in [2.75, 3.05) is 12.9 Å². The third-order valence-electron chi connectivity index (χ3n) is 7.58. The van der Waals surface area contributed by atoms with Crippen LogP contribution in [0, 0.1) is 23.2 Å². The Morgan fingerprint density at radius 2 is 1.97 bits per heavy atom. The summed E-state index contributed by atoms with van der Waals surface area (Å²) in [5.74, 6) is 4.07. The number of ether oxygens (including phenoxy) is 1. The largest absolute Gasteiger partial charge is 0.497 e. The number of methoxy groups -OCH3 is 1. The zero-order valence-electron chi connectivity index (χ0n) is 17.4. The van der Waals surface area contributed by atoms with Crippen molar-refractivity contribution in [1.82, 2.24) is 15.3 Å². The maximum absolute atomic E-state index is 12.8. The van der Waals surface area contributed by atoms with Crippen molar-refractivity contribution in [2.24, 2.45) is 23.2 Å². The maximum Gasteiger partial charge on any atom is 0.230 e. The summed E-state index contributed by atoms with van der Waals surface area (Å²) in [6.07, 6.45) is 9.35. The first-order valence-electron chi connectivity index (χ1n) is 11.0. The molecular formula is C23H31N3O2S. The number of amides is 1. The third kappa shape index (κ3) is 3.65. The zero-order chi connectivity index (χ0) is 20.0. The van der Waals surface area contributed by atoms with Gasteiger partial charge in [-0.15, -0.1) is 0 Å².